The maximum atomic E-state index is 9.37. The fourth-order valence-electron chi connectivity index (χ4n) is 3.07. The Kier molecular flexibility index (Phi) is 11.0. The molecule has 1 rings (SSSR count). The molecule has 0 radical (unpaired) electrons. The molecule has 0 amide bonds. The summed E-state index contributed by atoms with van der Waals surface area (Å²) in [6, 6.07) is 10.5. The first-order valence-electron chi connectivity index (χ1n) is 9.94. The van der Waals surface area contributed by atoms with Crippen LogP contribution in [0.2, 0.25) is 0 Å². The van der Waals surface area contributed by atoms with Crippen molar-refractivity contribution in [1.82, 2.24) is 15.5 Å². The van der Waals surface area contributed by atoms with Crippen molar-refractivity contribution in [3.05, 3.63) is 35.9 Å². The zero-order valence-corrected chi connectivity index (χ0v) is 17.1. The summed E-state index contributed by atoms with van der Waals surface area (Å²) in [6.07, 6.45) is 2.88. The van der Waals surface area contributed by atoms with E-state index in [1.165, 1.54) is 5.56 Å². The van der Waals surface area contributed by atoms with Crippen LogP contribution in [0.1, 0.15) is 45.6 Å². The maximum absolute atomic E-state index is 9.37. The molecule has 0 aromatic heterocycles. The van der Waals surface area contributed by atoms with Gasteiger partial charge in [-0.15, -0.1) is 0 Å². The molecule has 0 saturated heterocycles. The van der Waals surface area contributed by atoms with E-state index in [9.17, 15) is 5.11 Å². The van der Waals surface area contributed by atoms with Gasteiger partial charge < -0.3 is 20.6 Å². The summed E-state index contributed by atoms with van der Waals surface area (Å²) in [5, 5.41) is 16.1. The van der Waals surface area contributed by atoms with E-state index in [4.69, 9.17) is 4.99 Å². The Balaban J connectivity index is 2.50. The third kappa shape index (κ3) is 8.19. The monoisotopic (exact) mass is 362 g/mol. The number of aliphatic hydroxyl groups excluding tert-OH is 1. The molecule has 1 aromatic rings. The Morgan fingerprint density at radius 2 is 1.81 bits per heavy atom. The number of benzene rings is 1. The van der Waals surface area contributed by atoms with Crippen LogP contribution in [0, 0.1) is 5.41 Å². The molecule has 0 aliphatic carbocycles. The fourth-order valence-corrected chi connectivity index (χ4v) is 3.07. The molecular weight excluding hydrogens is 324 g/mol. The molecule has 0 aliphatic rings. The molecule has 0 unspecified atom stereocenters. The number of likely N-dealkylation sites (N-methyl/N-ethyl adjacent to an activating group) is 1. The summed E-state index contributed by atoms with van der Waals surface area (Å²) in [6.45, 7) is 11.0. The van der Waals surface area contributed by atoms with Gasteiger partial charge >= 0.3 is 0 Å². The van der Waals surface area contributed by atoms with E-state index in [1.54, 1.807) is 0 Å². The first-order chi connectivity index (χ1) is 12.6. The molecule has 5 nitrogen and oxygen atoms in total. The minimum atomic E-state index is 0.0984. The van der Waals surface area contributed by atoms with E-state index >= 15 is 0 Å². The second-order valence-corrected chi connectivity index (χ2v) is 7.03. The number of hydrogen-bond acceptors (Lipinski definition) is 3. The number of rotatable bonds is 12. The van der Waals surface area contributed by atoms with Gasteiger partial charge in [-0.3, -0.25) is 4.99 Å². The van der Waals surface area contributed by atoms with Crippen molar-refractivity contribution >= 4 is 5.96 Å². The summed E-state index contributed by atoms with van der Waals surface area (Å²) in [5.41, 5.74) is 1.43. The number of hydrogen-bond donors (Lipinski definition) is 3. The van der Waals surface area contributed by atoms with Crippen molar-refractivity contribution in [2.45, 2.75) is 46.6 Å². The highest BCUT2D eigenvalue weighted by Gasteiger charge is 2.25. The summed E-state index contributed by atoms with van der Waals surface area (Å²) in [4.78, 5) is 7.10. The molecule has 0 bridgehead atoms. The lowest BCUT2D eigenvalue weighted by molar-refractivity contribution is 0.175. The predicted molar refractivity (Wildman–Crippen MR) is 111 cm³/mol. The van der Waals surface area contributed by atoms with Crippen molar-refractivity contribution in [2.75, 3.05) is 39.8 Å². The van der Waals surface area contributed by atoms with Crippen LogP contribution in [0.3, 0.4) is 0 Å². The number of guanidine groups is 1. The normalized spacial score (nSPS) is 12.5. The van der Waals surface area contributed by atoms with Crippen molar-refractivity contribution in [3.8, 4) is 0 Å². The van der Waals surface area contributed by atoms with Gasteiger partial charge in [0, 0.05) is 39.3 Å². The van der Waals surface area contributed by atoms with Crippen LogP contribution in [0.15, 0.2) is 35.3 Å². The first-order valence-corrected chi connectivity index (χ1v) is 9.94. The molecule has 0 atom stereocenters. The third-order valence-corrected chi connectivity index (χ3v) is 5.14. The van der Waals surface area contributed by atoms with Gasteiger partial charge in [0.2, 0.25) is 0 Å². The summed E-state index contributed by atoms with van der Waals surface area (Å²) in [5.74, 6) is 0.866. The fraction of sp³-hybridized carbons (Fsp3) is 0.667. The van der Waals surface area contributed by atoms with Crippen molar-refractivity contribution < 1.29 is 5.11 Å². The lowest BCUT2D eigenvalue weighted by Crippen LogP contribution is -2.41. The molecule has 0 saturated carbocycles. The standard InChI is InChI=1S/C21H38N4O/c1-5-21(6-2,13-16-26)18-24-20(22-7-3)23-14-15-25(4)17-19-11-9-8-10-12-19/h8-12,26H,5-7,13-18H2,1-4H3,(H2,22,23,24). The molecule has 0 spiro atoms. The molecule has 5 heteroatoms. The minimum Gasteiger partial charge on any atom is -0.396 e. The van der Waals surface area contributed by atoms with Gasteiger partial charge in [-0.1, -0.05) is 44.2 Å². The highest BCUT2D eigenvalue weighted by Crippen LogP contribution is 2.30. The molecule has 148 valence electrons. The molecule has 1 aromatic carbocycles. The first kappa shape index (κ1) is 22.5. The smallest absolute Gasteiger partial charge is 0.191 e. The minimum absolute atomic E-state index is 0.0984. The highest BCUT2D eigenvalue weighted by atomic mass is 16.3. The molecule has 0 aliphatic heterocycles. The number of nitrogens with zero attached hydrogens (tertiary/aromatic N) is 2. The van der Waals surface area contributed by atoms with Crippen LogP contribution in [0.4, 0.5) is 0 Å². The summed E-state index contributed by atoms with van der Waals surface area (Å²) >= 11 is 0. The van der Waals surface area contributed by atoms with Gasteiger partial charge in [0.15, 0.2) is 5.96 Å². The van der Waals surface area contributed by atoms with E-state index in [0.29, 0.717) is 0 Å². The van der Waals surface area contributed by atoms with Crippen LogP contribution >= 0.6 is 0 Å². The lowest BCUT2D eigenvalue weighted by Gasteiger charge is -2.29. The van der Waals surface area contributed by atoms with Crippen LogP contribution < -0.4 is 10.6 Å². The summed E-state index contributed by atoms with van der Waals surface area (Å²) in [7, 11) is 2.14. The Morgan fingerprint density at radius 1 is 1.12 bits per heavy atom. The van der Waals surface area contributed by atoms with Gasteiger partial charge in [-0.25, -0.2) is 0 Å². The predicted octanol–water partition coefficient (Wildman–Crippen LogP) is 2.86. The van der Waals surface area contributed by atoms with Gasteiger partial charge in [0.05, 0.1) is 0 Å². The molecule has 0 heterocycles. The number of nitrogens with one attached hydrogen (secondary N) is 2. The van der Waals surface area contributed by atoms with E-state index in [1.807, 2.05) is 6.07 Å². The zero-order valence-electron chi connectivity index (χ0n) is 17.1. The average molecular weight is 363 g/mol. The second-order valence-electron chi connectivity index (χ2n) is 7.03. The quantitative estimate of drug-likeness (QED) is 0.395. The lowest BCUT2D eigenvalue weighted by atomic mass is 9.79. The van der Waals surface area contributed by atoms with Crippen LogP contribution in [-0.2, 0) is 6.54 Å². The Bertz CT molecular complexity index is 500. The van der Waals surface area contributed by atoms with E-state index in [0.717, 1.165) is 57.9 Å². The van der Waals surface area contributed by atoms with Crippen LogP contribution in [-0.4, -0.2) is 55.8 Å². The van der Waals surface area contributed by atoms with Gasteiger partial charge in [0.25, 0.3) is 0 Å². The van der Waals surface area contributed by atoms with Crippen LogP contribution in [0.25, 0.3) is 0 Å². The summed E-state index contributed by atoms with van der Waals surface area (Å²) < 4.78 is 0. The van der Waals surface area contributed by atoms with Crippen LogP contribution in [0.5, 0.6) is 0 Å². The van der Waals surface area contributed by atoms with Gasteiger partial charge in [-0.05, 0) is 44.2 Å². The molecule has 3 N–H and O–H groups in total. The Labute approximate surface area is 159 Å². The zero-order chi connectivity index (χ0) is 19.3. The number of aliphatic hydroxyl groups is 1. The van der Waals surface area contributed by atoms with Gasteiger partial charge in [0.1, 0.15) is 0 Å². The average Bonchev–Trinajstić information content (AvgIpc) is 2.66. The molecular formula is C21H38N4O. The topological polar surface area (TPSA) is 59.9 Å². The van der Waals surface area contributed by atoms with E-state index in [2.05, 4.69) is 67.6 Å². The molecule has 26 heavy (non-hydrogen) atoms. The van der Waals surface area contributed by atoms with Crippen molar-refractivity contribution in [3.63, 3.8) is 0 Å². The Morgan fingerprint density at radius 3 is 2.38 bits per heavy atom. The highest BCUT2D eigenvalue weighted by molar-refractivity contribution is 5.79. The largest absolute Gasteiger partial charge is 0.396 e. The third-order valence-electron chi connectivity index (χ3n) is 5.14. The SMILES string of the molecule is CCNC(=NCC(CC)(CC)CCO)NCCN(C)Cc1ccccc1. The van der Waals surface area contributed by atoms with E-state index in [-0.39, 0.29) is 12.0 Å². The Hall–Kier alpha value is -1.59. The van der Waals surface area contributed by atoms with Crippen molar-refractivity contribution in [2.24, 2.45) is 10.4 Å². The molecule has 0 fully saturated rings. The number of aliphatic imine (C=N–C) groups is 1. The van der Waals surface area contributed by atoms with Gasteiger partial charge in [-0.2, -0.15) is 0 Å². The van der Waals surface area contributed by atoms with Crippen molar-refractivity contribution in [1.29, 1.82) is 0 Å². The van der Waals surface area contributed by atoms with E-state index < -0.39 is 0 Å². The second kappa shape index (κ2) is 12.7. The maximum Gasteiger partial charge on any atom is 0.191 e.